The zero-order valence-corrected chi connectivity index (χ0v) is 12.7. The van der Waals surface area contributed by atoms with E-state index in [2.05, 4.69) is 5.32 Å². The lowest BCUT2D eigenvalue weighted by atomic mass is 10.3. The summed E-state index contributed by atoms with van der Waals surface area (Å²) in [6, 6.07) is 11.0. The molecule has 0 aromatic heterocycles. The van der Waals surface area contributed by atoms with Crippen LogP contribution in [0, 0.1) is 11.6 Å². The molecule has 0 radical (unpaired) electrons. The van der Waals surface area contributed by atoms with E-state index < -0.39 is 11.7 Å². The number of carbonyl (C=O) groups excluding carboxylic acids is 2. The van der Waals surface area contributed by atoms with Gasteiger partial charge in [-0.3, -0.25) is 9.69 Å². The number of hydrogen-bond acceptors (Lipinski definition) is 2. The smallest absolute Gasteiger partial charge is 0.322 e. The Labute approximate surface area is 137 Å². The van der Waals surface area contributed by atoms with Crippen LogP contribution in [0.4, 0.5) is 25.0 Å². The number of para-hydroxylation sites is 1. The number of urea groups is 1. The van der Waals surface area contributed by atoms with Crippen LogP contribution in [0.1, 0.15) is 0 Å². The van der Waals surface area contributed by atoms with Crippen LogP contribution in [-0.2, 0) is 4.79 Å². The van der Waals surface area contributed by atoms with Crippen molar-refractivity contribution in [3.05, 3.63) is 60.2 Å². The molecule has 1 heterocycles. The third-order valence-corrected chi connectivity index (χ3v) is 3.72. The third-order valence-electron chi connectivity index (χ3n) is 3.72. The van der Waals surface area contributed by atoms with Crippen LogP contribution < -0.4 is 10.2 Å². The molecule has 0 bridgehead atoms. The summed E-state index contributed by atoms with van der Waals surface area (Å²) >= 11 is 0. The molecule has 1 aliphatic rings. The molecule has 1 fully saturated rings. The van der Waals surface area contributed by atoms with Gasteiger partial charge >= 0.3 is 6.03 Å². The average Bonchev–Trinajstić information content (AvgIpc) is 2.91. The highest BCUT2D eigenvalue weighted by molar-refractivity contribution is 5.99. The standard InChI is InChI=1S/C17H15F2N3O2/c18-12-5-7-13(8-6-12)22-10-9-21(17(22)24)11-16(23)20-15-4-2-1-3-14(15)19/h1-8H,9-11H2,(H,20,23). The average molecular weight is 331 g/mol. The quantitative estimate of drug-likeness (QED) is 0.937. The van der Waals surface area contributed by atoms with Crippen molar-refractivity contribution in [2.45, 2.75) is 0 Å². The Kier molecular flexibility index (Phi) is 4.41. The first kappa shape index (κ1) is 15.9. The zero-order valence-electron chi connectivity index (χ0n) is 12.7. The SMILES string of the molecule is O=C(CN1CCN(c2ccc(F)cc2)C1=O)Nc1ccccc1F. The van der Waals surface area contributed by atoms with Crippen molar-refractivity contribution in [1.29, 1.82) is 0 Å². The highest BCUT2D eigenvalue weighted by Gasteiger charge is 2.30. The predicted molar refractivity (Wildman–Crippen MR) is 85.7 cm³/mol. The Morgan fingerprint density at radius 1 is 1.04 bits per heavy atom. The predicted octanol–water partition coefficient (Wildman–Crippen LogP) is 2.85. The highest BCUT2D eigenvalue weighted by atomic mass is 19.1. The molecule has 24 heavy (non-hydrogen) atoms. The lowest BCUT2D eigenvalue weighted by molar-refractivity contribution is -0.116. The molecule has 7 heteroatoms. The zero-order chi connectivity index (χ0) is 17.1. The molecule has 124 valence electrons. The maximum absolute atomic E-state index is 13.5. The van der Waals surface area contributed by atoms with Crippen molar-refractivity contribution in [2.24, 2.45) is 0 Å². The number of carbonyl (C=O) groups is 2. The molecule has 3 rings (SSSR count). The third kappa shape index (κ3) is 3.34. The van der Waals surface area contributed by atoms with Gasteiger partial charge < -0.3 is 10.2 Å². The number of nitrogens with one attached hydrogen (secondary N) is 1. The monoisotopic (exact) mass is 331 g/mol. The Balaban J connectivity index is 1.62. The largest absolute Gasteiger partial charge is 0.325 e. The van der Waals surface area contributed by atoms with E-state index in [9.17, 15) is 18.4 Å². The van der Waals surface area contributed by atoms with Gasteiger partial charge in [0.05, 0.1) is 5.69 Å². The van der Waals surface area contributed by atoms with E-state index in [1.165, 1.54) is 52.3 Å². The van der Waals surface area contributed by atoms with E-state index in [0.717, 1.165) is 0 Å². The number of hydrogen-bond donors (Lipinski definition) is 1. The lowest BCUT2D eigenvalue weighted by Crippen LogP contribution is -2.37. The van der Waals surface area contributed by atoms with Gasteiger partial charge in [-0.25, -0.2) is 13.6 Å². The van der Waals surface area contributed by atoms with Crippen LogP contribution in [0.2, 0.25) is 0 Å². The molecule has 0 unspecified atom stereocenters. The first-order valence-electron chi connectivity index (χ1n) is 7.41. The molecule has 0 saturated carbocycles. The summed E-state index contributed by atoms with van der Waals surface area (Å²) in [7, 11) is 0. The number of halogens is 2. The highest BCUT2D eigenvalue weighted by Crippen LogP contribution is 2.20. The van der Waals surface area contributed by atoms with Gasteiger partial charge in [-0.15, -0.1) is 0 Å². The fourth-order valence-electron chi connectivity index (χ4n) is 2.52. The normalized spacial score (nSPS) is 14.2. The van der Waals surface area contributed by atoms with Crippen LogP contribution in [0.15, 0.2) is 48.5 Å². The maximum atomic E-state index is 13.5. The van der Waals surface area contributed by atoms with Crippen LogP contribution in [0.3, 0.4) is 0 Å². The van der Waals surface area contributed by atoms with Gasteiger partial charge in [-0.05, 0) is 36.4 Å². The maximum Gasteiger partial charge on any atom is 0.325 e. The van der Waals surface area contributed by atoms with Gasteiger partial charge in [0.1, 0.15) is 18.2 Å². The second-order valence-electron chi connectivity index (χ2n) is 5.36. The van der Waals surface area contributed by atoms with Crippen LogP contribution in [-0.4, -0.2) is 36.5 Å². The minimum atomic E-state index is -0.536. The van der Waals surface area contributed by atoms with Gasteiger partial charge in [0.25, 0.3) is 0 Å². The second kappa shape index (κ2) is 6.66. The Bertz CT molecular complexity index is 765. The van der Waals surface area contributed by atoms with Crippen molar-refractivity contribution in [1.82, 2.24) is 4.90 Å². The molecular formula is C17H15F2N3O2. The van der Waals surface area contributed by atoms with Gasteiger partial charge in [0, 0.05) is 18.8 Å². The van der Waals surface area contributed by atoms with E-state index in [1.54, 1.807) is 6.07 Å². The van der Waals surface area contributed by atoms with Crippen molar-refractivity contribution >= 4 is 23.3 Å². The van der Waals surface area contributed by atoms with Crippen LogP contribution in [0.25, 0.3) is 0 Å². The summed E-state index contributed by atoms with van der Waals surface area (Å²) in [6.07, 6.45) is 0. The second-order valence-corrected chi connectivity index (χ2v) is 5.36. The van der Waals surface area contributed by atoms with E-state index in [0.29, 0.717) is 18.8 Å². The summed E-state index contributed by atoms with van der Waals surface area (Å²) in [5, 5.41) is 2.44. The van der Waals surface area contributed by atoms with Crippen LogP contribution >= 0.6 is 0 Å². The minimum Gasteiger partial charge on any atom is -0.322 e. The minimum absolute atomic E-state index is 0.0736. The van der Waals surface area contributed by atoms with Crippen molar-refractivity contribution in [3.63, 3.8) is 0 Å². The van der Waals surface area contributed by atoms with Crippen molar-refractivity contribution < 1.29 is 18.4 Å². The molecular weight excluding hydrogens is 316 g/mol. The molecule has 3 amide bonds. The van der Waals surface area contributed by atoms with Gasteiger partial charge in [-0.2, -0.15) is 0 Å². The van der Waals surface area contributed by atoms with Crippen LogP contribution in [0.5, 0.6) is 0 Å². The summed E-state index contributed by atoms with van der Waals surface area (Å²) in [5.41, 5.74) is 0.642. The molecule has 1 saturated heterocycles. The Morgan fingerprint density at radius 3 is 2.46 bits per heavy atom. The number of nitrogens with zero attached hydrogens (tertiary/aromatic N) is 2. The molecule has 0 spiro atoms. The molecule has 1 aliphatic heterocycles. The van der Waals surface area contributed by atoms with Crippen molar-refractivity contribution in [3.8, 4) is 0 Å². The lowest BCUT2D eigenvalue weighted by Gasteiger charge is -2.18. The Hall–Kier alpha value is -2.96. The number of benzene rings is 2. The number of rotatable bonds is 4. The first-order valence-corrected chi connectivity index (χ1v) is 7.41. The summed E-state index contributed by atoms with van der Waals surface area (Å²) in [6.45, 7) is 0.587. The molecule has 0 atom stereocenters. The van der Waals surface area contributed by atoms with Gasteiger partial charge in [0.15, 0.2) is 0 Å². The van der Waals surface area contributed by atoms with E-state index in [4.69, 9.17) is 0 Å². The topological polar surface area (TPSA) is 52.7 Å². The Morgan fingerprint density at radius 2 is 1.75 bits per heavy atom. The summed E-state index contributed by atoms with van der Waals surface area (Å²) in [5.74, 6) is -1.40. The van der Waals surface area contributed by atoms with E-state index in [-0.39, 0.29) is 24.1 Å². The summed E-state index contributed by atoms with van der Waals surface area (Å²) < 4.78 is 26.5. The number of anilines is 2. The first-order chi connectivity index (χ1) is 11.5. The molecule has 5 nitrogen and oxygen atoms in total. The van der Waals surface area contributed by atoms with Crippen molar-refractivity contribution in [2.75, 3.05) is 29.9 Å². The fraction of sp³-hybridized carbons (Fsp3) is 0.176. The van der Waals surface area contributed by atoms with Gasteiger partial charge in [-0.1, -0.05) is 12.1 Å². The molecule has 2 aromatic carbocycles. The molecule has 0 aliphatic carbocycles. The molecule has 2 aromatic rings. The van der Waals surface area contributed by atoms with E-state index in [1.807, 2.05) is 0 Å². The fourth-order valence-corrected chi connectivity index (χ4v) is 2.52. The summed E-state index contributed by atoms with van der Waals surface area (Å²) in [4.78, 5) is 27.2. The van der Waals surface area contributed by atoms with E-state index >= 15 is 0 Å². The van der Waals surface area contributed by atoms with Gasteiger partial charge in [0.2, 0.25) is 5.91 Å². The molecule has 1 N–H and O–H groups in total. The number of amides is 3.